The van der Waals surface area contributed by atoms with E-state index < -0.39 is 0 Å². The van der Waals surface area contributed by atoms with Crippen LogP contribution in [0.2, 0.25) is 0 Å². The van der Waals surface area contributed by atoms with Crippen molar-refractivity contribution in [2.45, 2.75) is 76.8 Å². The molecular weight excluding hydrogens is 184 g/mol. The third kappa shape index (κ3) is 6.16. The zero-order valence-electron chi connectivity index (χ0n) is 10.3. The lowest BCUT2D eigenvalue weighted by atomic mass is 9.92. The van der Waals surface area contributed by atoms with Crippen LogP contribution in [-0.4, -0.2) is 18.6 Å². The van der Waals surface area contributed by atoms with E-state index in [0.717, 1.165) is 6.04 Å². The number of unbranched alkanes of at least 4 members (excludes halogenated alkanes) is 4. The third-order valence-corrected chi connectivity index (χ3v) is 3.49. The predicted molar refractivity (Wildman–Crippen MR) is 67.0 cm³/mol. The maximum absolute atomic E-state index is 5.88. The standard InChI is InChI=1S/C13H28N2/c1-2-3-4-5-6-11-15-13-9-7-12(14)8-10-13/h12-13,15H,2-11,14H2,1H3. The van der Waals surface area contributed by atoms with Crippen LogP contribution in [0, 0.1) is 0 Å². The van der Waals surface area contributed by atoms with Crippen molar-refractivity contribution >= 4 is 0 Å². The molecule has 0 atom stereocenters. The van der Waals surface area contributed by atoms with E-state index in [2.05, 4.69) is 12.2 Å². The van der Waals surface area contributed by atoms with E-state index in [0.29, 0.717) is 6.04 Å². The van der Waals surface area contributed by atoms with Crippen molar-refractivity contribution in [2.75, 3.05) is 6.54 Å². The molecule has 0 amide bonds. The molecule has 15 heavy (non-hydrogen) atoms. The molecule has 2 nitrogen and oxygen atoms in total. The van der Waals surface area contributed by atoms with E-state index in [9.17, 15) is 0 Å². The summed E-state index contributed by atoms with van der Waals surface area (Å²) in [7, 11) is 0. The minimum Gasteiger partial charge on any atom is -0.328 e. The Morgan fingerprint density at radius 3 is 2.33 bits per heavy atom. The molecule has 0 aromatic heterocycles. The molecule has 0 radical (unpaired) electrons. The van der Waals surface area contributed by atoms with Gasteiger partial charge in [-0.05, 0) is 38.6 Å². The maximum atomic E-state index is 5.88. The van der Waals surface area contributed by atoms with Gasteiger partial charge in [0.1, 0.15) is 0 Å². The van der Waals surface area contributed by atoms with Crippen LogP contribution in [0.5, 0.6) is 0 Å². The van der Waals surface area contributed by atoms with Crippen molar-refractivity contribution < 1.29 is 0 Å². The Kier molecular flexibility index (Phi) is 7.03. The molecule has 1 fully saturated rings. The van der Waals surface area contributed by atoms with Gasteiger partial charge in [0.05, 0.1) is 0 Å². The molecule has 0 unspecified atom stereocenters. The first kappa shape index (κ1) is 13.0. The first-order chi connectivity index (χ1) is 7.33. The fourth-order valence-electron chi connectivity index (χ4n) is 2.36. The second-order valence-corrected chi connectivity index (χ2v) is 4.98. The van der Waals surface area contributed by atoms with Gasteiger partial charge in [-0.3, -0.25) is 0 Å². The maximum Gasteiger partial charge on any atom is 0.00682 e. The van der Waals surface area contributed by atoms with Crippen LogP contribution in [0.3, 0.4) is 0 Å². The zero-order chi connectivity index (χ0) is 10.9. The summed E-state index contributed by atoms with van der Waals surface area (Å²) >= 11 is 0. The third-order valence-electron chi connectivity index (χ3n) is 3.49. The number of rotatable bonds is 7. The van der Waals surface area contributed by atoms with Gasteiger partial charge in [-0.1, -0.05) is 32.6 Å². The monoisotopic (exact) mass is 212 g/mol. The summed E-state index contributed by atoms with van der Waals surface area (Å²) in [6, 6.07) is 1.24. The number of nitrogens with one attached hydrogen (secondary N) is 1. The van der Waals surface area contributed by atoms with Crippen LogP contribution >= 0.6 is 0 Å². The fraction of sp³-hybridized carbons (Fsp3) is 1.00. The average molecular weight is 212 g/mol. The Labute approximate surface area is 95.0 Å². The molecular formula is C13H28N2. The summed E-state index contributed by atoms with van der Waals surface area (Å²) in [5.74, 6) is 0. The zero-order valence-corrected chi connectivity index (χ0v) is 10.3. The van der Waals surface area contributed by atoms with E-state index in [1.807, 2.05) is 0 Å². The number of nitrogens with two attached hydrogens (primary N) is 1. The molecule has 0 saturated heterocycles. The molecule has 0 aromatic carbocycles. The molecule has 1 aliphatic carbocycles. The van der Waals surface area contributed by atoms with Crippen molar-refractivity contribution in [1.82, 2.24) is 5.32 Å². The van der Waals surface area contributed by atoms with Crippen LogP contribution in [0.4, 0.5) is 0 Å². The molecule has 2 heteroatoms. The van der Waals surface area contributed by atoms with Crippen LogP contribution in [0.1, 0.15) is 64.7 Å². The molecule has 0 aromatic rings. The van der Waals surface area contributed by atoms with Crippen molar-refractivity contribution in [3.63, 3.8) is 0 Å². The molecule has 1 saturated carbocycles. The quantitative estimate of drug-likeness (QED) is 0.637. The number of hydrogen-bond donors (Lipinski definition) is 2. The van der Waals surface area contributed by atoms with Gasteiger partial charge >= 0.3 is 0 Å². The first-order valence-electron chi connectivity index (χ1n) is 6.82. The van der Waals surface area contributed by atoms with Crippen LogP contribution in [-0.2, 0) is 0 Å². The van der Waals surface area contributed by atoms with Gasteiger partial charge in [-0.2, -0.15) is 0 Å². The molecule has 90 valence electrons. The lowest BCUT2D eigenvalue weighted by Crippen LogP contribution is -2.37. The second-order valence-electron chi connectivity index (χ2n) is 4.98. The van der Waals surface area contributed by atoms with Gasteiger partial charge in [-0.15, -0.1) is 0 Å². The van der Waals surface area contributed by atoms with Crippen molar-refractivity contribution in [1.29, 1.82) is 0 Å². The Morgan fingerprint density at radius 1 is 1.00 bits per heavy atom. The molecule has 0 heterocycles. The van der Waals surface area contributed by atoms with Crippen LogP contribution < -0.4 is 11.1 Å². The topological polar surface area (TPSA) is 38.0 Å². The van der Waals surface area contributed by atoms with E-state index in [1.54, 1.807) is 0 Å². The molecule has 0 bridgehead atoms. The highest BCUT2D eigenvalue weighted by atomic mass is 14.9. The summed E-state index contributed by atoms with van der Waals surface area (Å²) in [5, 5.41) is 3.66. The van der Waals surface area contributed by atoms with Gasteiger partial charge < -0.3 is 11.1 Å². The predicted octanol–water partition coefficient (Wildman–Crippen LogP) is 2.82. The highest BCUT2D eigenvalue weighted by Crippen LogP contribution is 2.16. The van der Waals surface area contributed by atoms with Crippen LogP contribution in [0.25, 0.3) is 0 Å². The van der Waals surface area contributed by atoms with E-state index in [-0.39, 0.29) is 0 Å². The molecule has 1 aliphatic rings. The van der Waals surface area contributed by atoms with E-state index >= 15 is 0 Å². The smallest absolute Gasteiger partial charge is 0.00682 e. The highest BCUT2D eigenvalue weighted by molar-refractivity contribution is 4.78. The molecule has 1 rings (SSSR count). The fourth-order valence-corrected chi connectivity index (χ4v) is 2.36. The first-order valence-corrected chi connectivity index (χ1v) is 6.82. The van der Waals surface area contributed by atoms with E-state index in [1.165, 1.54) is 64.3 Å². The summed E-state index contributed by atoms with van der Waals surface area (Å²) in [6.07, 6.45) is 11.9. The van der Waals surface area contributed by atoms with Crippen molar-refractivity contribution in [3.8, 4) is 0 Å². The second kappa shape index (κ2) is 8.12. The highest BCUT2D eigenvalue weighted by Gasteiger charge is 2.17. The summed E-state index contributed by atoms with van der Waals surface area (Å²) < 4.78 is 0. The Balaban J connectivity index is 1.87. The van der Waals surface area contributed by atoms with Crippen LogP contribution in [0.15, 0.2) is 0 Å². The largest absolute Gasteiger partial charge is 0.328 e. The molecule has 0 spiro atoms. The van der Waals surface area contributed by atoms with Crippen molar-refractivity contribution in [2.24, 2.45) is 5.73 Å². The van der Waals surface area contributed by atoms with Gasteiger partial charge in [0.25, 0.3) is 0 Å². The summed E-state index contributed by atoms with van der Waals surface area (Å²) in [5.41, 5.74) is 5.88. The SMILES string of the molecule is CCCCCCCNC1CCC(N)CC1. The van der Waals surface area contributed by atoms with Crippen molar-refractivity contribution in [3.05, 3.63) is 0 Å². The molecule has 3 N–H and O–H groups in total. The van der Waals surface area contributed by atoms with Gasteiger partial charge in [0, 0.05) is 12.1 Å². The minimum absolute atomic E-state index is 0.479. The van der Waals surface area contributed by atoms with E-state index in [4.69, 9.17) is 5.73 Å². The summed E-state index contributed by atoms with van der Waals surface area (Å²) in [6.45, 7) is 3.48. The van der Waals surface area contributed by atoms with Gasteiger partial charge in [-0.25, -0.2) is 0 Å². The Morgan fingerprint density at radius 2 is 1.67 bits per heavy atom. The Bertz CT molecular complexity index is 139. The lowest BCUT2D eigenvalue weighted by molar-refractivity contribution is 0.340. The van der Waals surface area contributed by atoms with Gasteiger partial charge in [0.2, 0.25) is 0 Å². The summed E-state index contributed by atoms with van der Waals surface area (Å²) in [4.78, 5) is 0. The molecule has 0 aliphatic heterocycles. The lowest BCUT2D eigenvalue weighted by Gasteiger charge is -2.26. The number of hydrogen-bond acceptors (Lipinski definition) is 2. The minimum atomic E-state index is 0.479. The average Bonchev–Trinajstić information content (AvgIpc) is 2.26. The Hall–Kier alpha value is -0.0800. The normalized spacial score (nSPS) is 26.8. The van der Waals surface area contributed by atoms with Gasteiger partial charge in [0.15, 0.2) is 0 Å².